The van der Waals surface area contributed by atoms with E-state index in [0.29, 0.717) is 13.0 Å². The highest BCUT2D eigenvalue weighted by atomic mass is 79.9. The lowest BCUT2D eigenvalue weighted by Crippen LogP contribution is -2.22. The summed E-state index contributed by atoms with van der Waals surface area (Å²) < 4.78 is 6.67. The summed E-state index contributed by atoms with van der Waals surface area (Å²) in [7, 11) is 0. The van der Waals surface area contributed by atoms with Crippen LogP contribution in [0.1, 0.15) is 12.7 Å². The van der Waals surface area contributed by atoms with Gasteiger partial charge in [-0.3, -0.25) is 4.79 Å². The number of nitrogens with one attached hydrogen (secondary N) is 1. The maximum absolute atomic E-state index is 10.7. The van der Waals surface area contributed by atoms with E-state index in [1.807, 2.05) is 24.3 Å². The van der Waals surface area contributed by atoms with Crippen LogP contribution in [0, 0.1) is 0 Å². The second-order valence-electron chi connectivity index (χ2n) is 3.63. The molecule has 0 saturated carbocycles. The van der Waals surface area contributed by atoms with Crippen LogP contribution in [0.25, 0.3) is 11.0 Å². The predicted octanol–water partition coefficient (Wildman–Crippen LogP) is 2.87. The summed E-state index contributed by atoms with van der Waals surface area (Å²) in [6.07, 6.45) is 0.714. The molecule has 16 heavy (non-hydrogen) atoms. The predicted molar refractivity (Wildman–Crippen MR) is 66.3 cm³/mol. The van der Waals surface area contributed by atoms with Gasteiger partial charge in [-0.25, -0.2) is 0 Å². The monoisotopic (exact) mass is 281 g/mol. The highest BCUT2D eigenvalue weighted by Crippen LogP contribution is 2.23. The molecule has 0 fully saturated rings. The van der Waals surface area contributed by atoms with Crippen LogP contribution in [0.15, 0.2) is 33.2 Å². The lowest BCUT2D eigenvalue weighted by atomic mass is 10.2. The number of carbonyl (C=O) groups is 1. The number of hydrogen-bond acceptors (Lipinski definition) is 2. The van der Waals surface area contributed by atoms with Crippen LogP contribution in [-0.4, -0.2) is 12.5 Å². The van der Waals surface area contributed by atoms with Crippen LogP contribution in [0.2, 0.25) is 0 Å². The average molecular weight is 282 g/mol. The van der Waals surface area contributed by atoms with Crippen LogP contribution in [0.4, 0.5) is 0 Å². The van der Waals surface area contributed by atoms with Crippen LogP contribution >= 0.6 is 15.9 Å². The van der Waals surface area contributed by atoms with E-state index in [1.165, 1.54) is 6.92 Å². The minimum Gasteiger partial charge on any atom is -0.461 e. The summed E-state index contributed by atoms with van der Waals surface area (Å²) in [5.41, 5.74) is 0.876. The molecule has 0 aliphatic heterocycles. The third-order valence-electron chi connectivity index (χ3n) is 2.27. The number of fused-ring (bicyclic) bond motifs is 1. The Morgan fingerprint density at radius 1 is 1.44 bits per heavy atom. The first-order valence-corrected chi connectivity index (χ1v) is 5.87. The number of hydrogen-bond donors (Lipinski definition) is 1. The average Bonchev–Trinajstić information content (AvgIpc) is 2.58. The van der Waals surface area contributed by atoms with Gasteiger partial charge in [0.1, 0.15) is 11.3 Å². The fraction of sp³-hybridized carbons (Fsp3) is 0.250. The third-order valence-corrected chi connectivity index (χ3v) is 2.77. The zero-order valence-corrected chi connectivity index (χ0v) is 10.5. The van der Waals surface area contributed by atoms with E-state index in [1.54, 1.807) is 0 Å². The molecule has 0 bridgehead atoms. The maximum atomic E-state index is 10.7. The lowest BCUT2D eigenvalue weighted by molar-refractivity contribution is -0.118. The summed E-state index contributed by atoms with van der Waals surface area (Å²) in [6.45, 7) is 2.12. The van der Waals surface area contributed by atoms with Crippen LogP contribution in [0.5, 0.6) is 0 Å². The minimum absolute atomic E-state index is 0.0149. The van der Waals surface area contributed by atoms with Crippen molar-refractivity contribution in [1.29, 1.82) is 0 Å². The summed E-state index contributed by atoms with van der Waals surface area (Å²) in [5.74, 6) is 0.876. The zero-order chi connectivity index (χ0) is 11.5. The topological polar surface area (TPSA) is 42.2 Å². The van der Waals surface area contributed by atoms with Gasteiger partial charge in [0, 0.05) is 29.7 Å². The summed E-state index contributed by atoms with van der Waals surface area (Å²) in [4.78, 5) is 10.7. The first-order chi connectivity index (χ1) is 7.65. The van der Waals surface area contributed by atoms with E-state index in [-0.39, 0.29) is 5.91 Å². The quantitative estimate of drug-likeness (QED) is 0.940. The fourth-order valence-electron chi connectivity index (χ4n) is 1.55. The van der Waals surface area contributed by atoms with Gasteiger partial charge < -0.3 is 9.73 Å². The molecule has 2 aromatic rings. The Balaban J connectivity index is 2.10. The van der Waals surface area contributed by atoms with Gasteiger partial charge in [-0.15, -0.1) is 0 Å². The SMILES string of the molecule is CC(=O)NCCc1cc2cc(Br)ccc2o1. The fourth-order valence-corrected chi connectivity index (χ4v) is 1.93. The number of furan rings is 1. The van der Waals surface area contributed by atoms with Gasteiger partial charge in [0.2, 0.25) is 5.91 Å². The van der Waals surface area contributed by atoms with Crippen molar-refractivity contribution < 1.29 is 9.21 Å². The van der Waals surface area contributed by atoms with Crippen LogP contribution in [-0.2, 0) is 11.2 Å². The van der Waals surface area contributed by atoms with Gasteiger partial charge in [-0.2, -0.15) is 0 Å². The van der Waals surface area contributed by atoms with E-state index in [4.69, 9.17) is 4.42 Å². The van der Waals surface area contributed by atoms with Crippen molar-refractivity contribution in [3.05, 3.63) is 34.5 Å². The van der Waals surface area contributed by atoms with E-state index < -0.39 is 0 Å². The molecule has 0 spiro atoms. The van der Waals surface area contributed by atoms with Crippen LogP contribution < -0.4 is 5.32 Å². The van der Waals surface area contributed by atoms with Crippen LogP contribution in [0.3, 0.4) is 0 Å². The van der Waals surface area contributed by atoms with Crippen molar-refractivity contribution in [3.8, 4) is 0 Å². The van der Waals surface area contributed by atoms with E-state index in [2.05, 4.69) is 21.2 Å². The van der Waals surface area contributed by atoms with Gasteiger partial charge in [0.05, 0.1) is 0 Å². The smallest absolute Gasteiger partial charge is 0.216 e. The first kappa shape index (κ1) is 11.2. The Morgan fingerprint density at radius 2 is 2.25 bits per heavy atom. The number of amides is 1. The first-order valence-electron chi connectivity index (χ1n) is 5.07. The Kier molecular flexibility index (Phi) is 3.29. The van der Waals surface area contributed by atoms with Crippen molar-refractivity contribution in [2.24, 2.45) is 0 Å². The highest BCUT2D eigenvalue weighted by molar-refractivity contribution is 9.10. The molecule has 1 N–H and O–H groups in total. The molecule has 2 rings (SSSR count). The molecular formula is C12H12BrNO2. The minimum atomic E-state index is -0.0149. The number of halogens is 1. The van der Waals surface area contributed by atoms with E-state index in [9.17, 15) is 4.79 Å². The second kappa shape index (κ2) is 4.70. The molecule has 0 saturated heterocycles. The summed E-state index contributed by atoms with van der Waals surface area (Å²) >= 11 is 3.41. The normalized spacial score (nSPS) is 10.6. The van der Waals surface area contributed by atoms with Crippen molar-refractivity contribution in [3.63, 3.8) is 0 Å². The molecule has 1 aromatic heterocycles. The second-order valence-corrected chi connectivity index (χ2v) is 4.54. The van der Waals surface area contributed by atoms with Gasteiger partial charge in [0.15, 0.2) is 0 Å². The molecular weight excluding hydrogens is 270 g/mol. The Labute approximate surface area is 102 Å². The molecule has 0 atom stereocenters. The zero-order valence-electron chi connectivity index (χ0n) is 8.92. The number of rotatable bonds is 3. The molecule has 1 heterocycles. The molecule has 1 aromatic carbocycles. The van der Waals surface area contributed by atoms with E-state index >= 15 is 0 Å². The third kappa shape index (κ3) is 2.64. The van der Waals surface area contributed by atoms with E-state index in [0.717, 1.165) is 21.2 Å². The summed E-state index contributed by atoms with van der Waals surface area (Å²) in [5, 5.41) is 3.82. The Hall–Kier alpha value is -1.29. The molecule has 0 radical (unpaired) electrons. The number of carbonyl (C=O) groups excluding carboxylic acids is 1. The highest BCUT2D eigenvalue weighted by Gasteiger charge is 2.04. The molecule has 0 aliphatic carbocycles. The van der Waals surface area contributed by atoms with Gasteiger partial charge in [-0.1, -0.05) is 15.9 Å². The number of benzene rings is 1. The lowest BCUT2D eigenvalue weighted by Gasteiger charge is -1.97. The van der Waals surface area contributed by atoms with Gasteiger partial charge in [-0.05, 0) is 24.3 Å². The van der Waals surface area contributed by atoms with Crippen molar-refractivity contribution in [2.75, 3.05) is 6.54 Å². The summed E-state index contributed by atoms with van der Waals surface area (Å²) in [6, 6.07) is 7.90. The largest absolute Gasteiger partial charge is 0.461 e. The van der Waals surface area contributed by atoms with Gasteiger partial charge in [0.25, 0.3) is 0 Å². The van der Waals surface area contributed by atoms with Crippen molar-refractivity contribution in [1.82, 2.24) is 5.32 Å². The molecule has 84 valence electrons. The standard InChI is InChI=1S/C12H12BrNO2/c1-8(15)14-5-4-11-7-9-6-10(13)2-3-12(9)16-11/h2-3,6-7H,4-5H2,1H3,(H,14,15). The van der Waals surface area contributed by atoms with Crippen molar-refractivity contribution >= 4 is 32.8 Å². The Morgan fingerprint density at radius 3 is 3.00 bits per heavy atom. The Bertz CT molecular complexity index is 519. The molecule has 3 nitrogen and oxygen atoms in total. The van der Waals surface area contributed by atoms with Gasteiger partial charge >= 0.3 is 0 Å². The molecule has 0 unspecified atom stereocenters. The molecule has 0 aliphatic rings. The van der Waals surface area contributed by atoms with Crippen molar-refractivity contribution in [2.45, 2.75) is 13.3 Å². The molecule has 4 heteroatoms. The maximum Gasteiger partial charge on any atom is 0.216 e. The molecule has 1 amide bonds.